The van der Waals surface area contributed by atoms with Crippen LogP contribution in [0.3, 0.4) is 0 Å². The van der Waals surface area contributed by atoms with Crippen molar-refractivity contribution in [2.75, 3.05) is 43.4 Å². The Morgan fingerprint density at radius 1 is 1.08 bits per heavy atom. The number of piperazine rings is 1. The van der Waals surface area contributed by atoms with Crippen molar-refractivity contribution in [1.29, 1.82) is 0 Å². The number of nitrogens with zero attached hydrogens (tertiary/aromatic N) is 7. The maximum absolute atomic E-state index is 4.95. The number of pyridine rings is 3. The zero-order chi connectivity index (χ0) is 25.5. The van der Waals surface area contributed by atoms with Crippen LogP contribution in [0.1, 0.15) is 13.8 Å². The number of allylic oxidation sites excluding steroid dienone is 1. The molecule has 37 heavy (non-hydrogen) atoms. The van der Waals surface area contributed by atoms with E-state index in [0.29, 0.717) is 23.1 Å². The molecule has 5 aromatic heterocycles. The second-order valence-electron chi connectivity index (χ2n) is 9.84. The Kier molecular flexibility index (Phi) is 5.80. The van der Waals surface area contributed by atoms with E-state index < -0.39 is 0 Å². The van der Waals surface area contributed by atoms with Crippen LogP contribution in [0.4, 0.5) is 11.4 Å². The van der Waals surface area contributed by atoms with Gasteiger partial charge in [-0.05, 0) is 37.2 Å². The minimum atomic E-state index is 0.321. The topological polar surface area (TPSA) is 115 Å². The van der Waals surface area contributed by atoms with Gasteiger partial charge in [0.25, 0.3) is 0 Å². The second-order valence-corrected chi connectivity index (χ2v) is 9.84. The zero-order valence-electron chi connectivity index (χ0n) is 21.3. The van der Waals surface area contributed by atoms with Crippen LogP contribution in [-0.2, 0) is 0 Å². The molecule has 10 heteroatoms. The Morgan fingerprint density at radius 2 is 1.92 bits per heavy atom. The van der Waals surface area contributed by atoms with Crippen molar-refractivity contribution in [3.05, 3.63) is 55.1 Å². The zero-order valence-corrected chi connectivity index (χ0v) is 21.3. The van der Waals surface area contributed by atoms with E-state index in [1.807, 2.05) is 30.6 Å². The molecule has 0 bridgehead atoms. The van der Waals surface area contributed by atoms with E-state index in [1.165, 1.54) is 0 Å². The minimum Gasteiger partial charge on any atom is -0.367 e. The quantitative estimate of drug-likeness (QED) is 0.320. The standard InChI is InChI=1S/C27H30N10/c1-16(2)17(3)30-19-13-18(14-28-15-19)20-5-6-21-23(31-20)25(35-34-21)27-32-24-22(7-8-29-26(24)33-27)37-11-9-36(4)10-12-37/h5-8,13-16,30H,3,9-12H2,1-2,4H3,(H,34,35)(H,29,32,33). The number of aromatic nitrogens is 7. The van der Waals surface area contributed by atoms with Crippen LogP contribution in [0.15, 0.2) is 55.1 Å². The van der Waals surface area contributed by atoms with Gasteiger partial charge in [0, 0.05) is 49.8 Å². The second kappa shape index (κ2) is 9.29. The summed E-state index contributed by atoms with van der Waals surface area (Å²) in [7, 11) is 2.16. The highest BCUT2D eigenvalue weighted by Crippen LogP contribution is 2.31. The van der Waals surface area contributed by atoms with Gasteiger partial charge in [0.2, 0.25) is 0 Å². The van der Waals surface area contributed by atoms with Gasteiger partial charge in [-0.15, -0.1) is 0 Å². The van der Waals surface area contributed by atoms with Crippen molar-refractivity contribution < 1.29 is 0 Å². The molecular formula is C27H30N10. The Hall–Kier alpha value is -4.31. The molecule has 1 saturated heterocycles. The van der Waals surface area contributed by atoms with Gasteiger partial charge >= 0.3 is 0 Å². The van der Waals surface area contributed by atoms with Crippen LogP contribution in [-0.4, -0.2) is 73.2 Å². The number of likely N-dealkylation sites (N-methyl/N-ethyl adjacent to an activating group) is 1. The number of fused-ring (bicyclic) bond motifs is 2. The first kappa shape index (κ1) is 23.1. The lowest BCUT2D eigenvalue weighted by Gasteiger charge is -2.34. The maximum atomic E-state index is 4.95. The molecule has 0 atom stereocenters. The molecule has 1 aliphatic rings. The summed E-state index contributed by atoms with van der Waals surface area (Å²) in [6.07, 6.45) is 5.42. The van der Waals surface area contributed by atoms with E-state index in [0.717, 1.165) is 71.1 Å². The molecule has 1 aliphatic heterocycles. The molecule has 0 saturated carbocycles. The average Bonchev–Trinajstić information content (AvgIpc) is 3.53. The Labute approximate surface area is 214 Å². The molecule has 5 aromatic rings. The summed E-state index contributed by atoms with van der Waals surface area (Å²) in [6.45, 7) is 12.3. The summed E-state index contributed by atoms with van der Waals surface area (Å²) in [5.74, 6) is 0.962. The lowest BCUT2D eigenvalue weighted by atomic mass is 10.1. The summed E-state index contributed by atoms with van der Waals surface area (Å²) in [5.41, 5.74) is 8.46. The lowest BCUT2D eigenvalue weighted by molar-refractivity contribution is 0.313. The number of hydrogen-bond donors (Lipinski definition) is 3. The van der Waals surface area contributed by atoms with Crippen LogP contribution in [0, 0.1) is 5.92 Å². The predicted octanol–water partition coefficient (Wildman–Crippen LogP) is 4.29. The highest BCUT2D eigenvalue weighted by molar-refractivity contribution is 5.93. The minimum absolute atomic E-state index is 0.321. The Balaban J connectivity index is 1.36. The van der Waals surface area contributed by atoms with E-state index in [4.69, 9.17) is 9.97 Å². The van der Waals surface area contributed by atoms with Crippen molar-refractivity contribution >= 4 is 33.6 Å². The normalized spacial score (nSPS) is 14.6. The first-order valence-electron chi connectivity index (χ1n) is 12.5. The fraction of sp³-hybridized carbons (Fsp3) is 0.296. The van der Waals surface area contributed by atoms with Crippen molar-refractivity contribution in [3.8, 4) is 22.8 Å². The average molecular weight is 495 g/mol. The number of anilines is 2. The fourth-order valence-corrected chi connectivity index (χ4v) is 4.52. The molecule has 3 N–H and O–H groups in total. The first-order valence-corrected chi connectivity index (χ1v) is 12.5. The van der Waals surface area contributed by atoms with Gasteiger partial charge in [0.1, 0.15) is 11.0 Å². The maximum Gasteiger partial charge on any atom is 0.180 e. The van der Waals surface area contributed by atoms with Gasteiger partial charge in [0.15, 0.2) is 17.2 Å². The van der Waals surface area contributed by atoms with E-state index in [-0.39, 0.29) is 0 Å². The summed E-state index contributed by atoms with van der Waals surface area (Å²) < 4.78 is 0. The van der Waals surface area contributed by atoms with Crippen LogP contribution >= 0.6 is 0 Å². The number of hydrogen-bond acceptors (Lipinski definition) is 8. The van der Waals surface area contributed by atoms with Gasteiger partial charge in [-0.3, -0.25) is 10.1 Å². The van der Waals surface area contributed by atoms with Gasteiger partial charge < -0.3 is 20.1 Å². The Morgan fingerprint density at radius 3 is 2.73 bits per heavy atom. The van der Waals surface area contributed by atoms with E-state index in [1.54, 1.807) is 6.20 Å². The molecule has 6 rings (SSSR count). The van der Waals surface area contributed by atoms with E-state index in [9.17, 15) is 0 Å². The number of H-pyrrole nitrogens is 2. The third kappa shape index (κ3) is 4.40. The third-order valence-corrected chi connectivity index (χ3v) is 6.88. The van der Waals surface area contributed by atoms with Gasteiger partial charge in [-0.1, -0.05) is 20.4 Å². The molecule has 0 spiro atoms. The van der Waals surface area contributed by atoms with Crippen LogP contribution in [0.2, 0.25) is 0 Å². The van der Waals surface area contributed by atoms with Crippen molar-refractivity contribution in [3.63, 3.8) is 0 Å². The van der Waals surface area contributed by atoms with E-state index >= 15 is 0 Å². The summed E-state index contributed by atoms with van der Waals surface area (Å²) >= 11 is 0. The SMILES string of the molecule is C=C(Nc1cncc(-c2ccc3[nH]nc(-c4nc5nccc(N6CCN(C)CC6)c5[nH]4)c3n2)c1)C(C)C. The van der Waals surface area contributed by atoms with Crippen molar-refractivity contribution in [2.24, 2.45) is 5.92 Å². The van der Waals surface area contributed by atoms with Gasteiger partial charge in [0.05, 0.1) is 28.8 Å². The number of imidazole rings is 1. The van der Waals surface area contributed by atoms with Gasteiger partial charge in [-0.2, -0.15) is 5.10 Å². The van der Waals surface area contributed by atoms with Gasteiger partial charge in [-0.25, -0.2) is 15.0 Å². The van der Waals surface area contributed by atoms with Crippen molar-refractivity contribution in [1.82, 2.24) is 40.0 Å². The number of rotatable bonds is 6. The van der Waals surface area contributed by atoms with E-state index in [2.05, 4.69) is 73.8 Å². The summed E-state index contributed by atoms with van der Waals surface area (Å²) in [5, 5.41) is 11.0. The van der Waals surface area contributed by atoms with Crippen LogP contribution in [0.5, 0.6) is 0 Å². The molecule has 1 fully saturated rings. The number of aromatic amines is 2. The Bertz CT molecular complexity index is 1590. The predicted molar refractivity (Wildman–Crippen MR) is 147 cm³/mol. The molecule has 10 nitrogen and oxygen atoms in total. The highest BCUT2D eigenvalue weighted by Gasteiger charge is 2.21. The third-order valence-electron chi connectivity index (χ3n) is 6.88. The van der Waals surface area contributed by atoms with Crippen LogP contribution < -0.4 is 10.2 Å². The molecule has 0 amide bonds. The first-order chi connectivity index (χ1) is 18.0. The lowest BCUT2D eigenvalue weighted by Crippen LogP contribution is -2.44. The highest BCUT2D eigenvalue weighted by atomic mass is 15.3. The molecule has 6 heterocycles. The van der Waals surface area contributed by atoms with Crippen molar-refractivity contribution in [2.45, 2.75) is 13.8 Å². The molecular weight excluding hydrogens is 464 g/mol. The fourth-order valence-electron chi connectivity index (χ4n) is 4.52. The molecule has 0 aliphatic carbocycles. The largest absolute Gasteiger partial charge is 0.367 e. The molecule has 0 aromatic carbocycles. The summed E-state index contributed by atoms with van der Waals surface area (Å²) in [4.78, 5) is 26.9. The molecule has 0 radical (unpaired) electrons. The monoisotopic (exact) mass is 494 g/mol. The number of nitrogens with one attached hydrogen (secondary N) is 3. The smallest absolute Gasteiger partial charge is 0.180 e. The summed E-state index contributed by atoms with van der Waals surface area (Å²) in [6, 6.07) is 8.03. The molecule has 188 valence electrons. The molecule has 0 unspecified atom stereocenters. The van der Waals surface area contributed by atoms with Crippen LogP contribution in [0.25, 0.3) is 45.0 Å².